The van der Waals surface area contributed by atoms with Gasteiger partial charge in [0.25, 0.3) is 5.91 Å². The summed E-state index contributed by atoms with van der Waals surface area (Å²) < 4.78 is 0. The van der Waals surface area contributed by atoms with E-state index < -0.39 is 5.91 Å². The lowest BCUT2D eigenvalue weighted by Gasteiger charge is -2.13. The number of amides is 1. The van der Waals surface area contributed by atoms with Crippen LogP contribution in [0.15, 0.2) is 54.7 Å². The molecule has 4 nitrogen and oxygen atoms in total. The number of primary amides is 1. The van der Waals surface area contributed by atoms with Gasteiger partial charge >= 0.3 is 0 Å². The summed E-state index contributed by atoms with van der Waals surface area (Å²) in [7, 11) is 0. The molecule has 0 unspecified atom stereocenters. The van der Waals surface area contributed by atoms with Crippen LogP contribution in [0.2, 0.25) is 0 Å². The molecule has 1 heterocycles. The van der Waals surface area contributed by atoms with Crippen LogP contribution in [0.5, 0.6) is 0 Å². The number of para-hydroxylation sites is 1. The van der Waals surface area contributed by atoms with Crippen LogP contribution in [0.3, 0.4) is 0 Å². The molecule has 0 fully saturated rings. The van der Waals surface area contributed by atoms with Crippen LogP contribution in [0.1, 0.15) is 29.8 Å². The standard InChI is InChI=1S/C17H15N3O.C2H6/c1-11-7-8-15-13(9-11)16(14(10-19-15)17(18)21)20-12-5-3-2-4-6-12;1-2/h2-10H,1H3,(H2,18,21)(H,19,20);1-2H3. The van der Waals surface area contributed by atoms with E-state index in [1.807, 2.05) is 69.3 Å². The Kier molecular flexibility index (Phi) is 5.31. The van der Waals surface area contributed by atoms with Crippen LogP contribution < -0.4 is 11.1 Å². The summed E-state index contributed by atoms with van der Waals surface area (Å²) in [5.74, 6) is -0.496. The molecule has 0 spiro atoms. The van der Waals surface area contributed by atoms with Gasteiger partial charge in [0.05, 0.1) is 16.8 Å². The average molecular weight is 307 g/mol. The number of rotatable bonds is 3. The quantitative estimate of drug-likeness (QED) is 0.753. The number of hydrogen-bond donors (Lipinski definition) is 2. The van der Waals surface area contributed by atoms with Crippen molar-refractivity contribution < 1.29 is 4.79 Å². The smallest absolute Gasteiger partial charge is 0.252 e. The maximum atomic E-state index is 11.7. The van der Waals surface area contributed by atoms with Gasteiger partial charge in [-0.3, -0.25) is 9.78 Å². The number of fused-ring (bicyclic) bond motifs is 1. The summed E-state index contributed by atoms with van der Waals surface area (Å²) in [4.78, 5) is 16.0. The Labute approximate surface area is 136 Å². The third-order valence-corrected chi connectivity index (χ3v) is 3.33. The largest absolute Gasteiger partial charge is 0.365 e. The van der Waals surface area contributed by atoms with Crippen molar-refractivity contribution in [1.29, 1.82) is 0 Å². The summed E-state index contributed by atoms with van der Waals surface area (Å²) in [5, 5.41) is 4.17. The van der Waals surface area contributed by atoms with Crippen molar-refractivity contribution >= 4 is 28.2 Å². The second-order valence-electron chi connectivity index (χ2n) is 4.92. The molecule has 3 N–H and O–H groups in total. The molecule has 0 aliphatic rings. The number of aromatic nitrogens is 1. The van der Waals surface area contributed by atoms with Crippen LogP contribution in [-0.4, -0.2) is 10.9 Å². The predicted octanol–water partition coefficient (Wildman–Crippen LogP) is 4.41. The van der Waals surface area contributed by atoms with Gasteiger partial charge in [-0.2, -0.15) is 0 Å². The Morgan fingerprint density at radius 2 is 1.78 bits per heavy atom. The second kappa shape index (κ2) is 7.40. The number of carbonyl (C=O) groups excluding carboxylic acids is 1. The first-order valence-corrected chi connectivity index (χ1v) is 7.66. The molecule has 3 rings (SSSR count). The number of benzene rings is 2. The second-order valence-corrected chi connectivity index (χ2v) is 4.92. The van der Waals surface area contributed by atoms with Crippen molar-refractivity contribution in [1.82, 2.24) is 4.98 Å². The number of nitrogens with zero attached hydrogens (tertiary/aromatic N) is 1. The Hall–Kier alpha value is -2.88. The van der Waals surface area contributed by atoms with Gasteiger partial charge in [0.2, 0.25) is 0 Å². The topological polar surface area (TPSA) is 68.0 Å². The minimum Gasteiger partial charge on any atom is -0.365 e. The third-order valence-electron chi connectivity index (χ3n) is 3.33. The molecule has 23 heavy (non-hydrogen) atoms. The zero-order valence-corrected chi connectivity index (χ0v) is 13.6. The molecule has 1 aromatic heterocycles. The average Bonchev–Trinajstić information content (AvgIpc) is 2.58. The lowest BCUT2D eigenvalue weighted by molar-refractivity contribution is 0.100. The van der Waals surface area contributed by atoms with Crippen molar-refractivity contribution in [2.75, 3.05) is 5.32 Å². The van der Waals surface area contributed by atoms with Crippen LogP contribution >= 0.6 is 0 Å². The van der Waals surface area contributed by atoms with Gasteiger partial charge in [-0.15, -0.1) is 0 Å². The van der Waals surface area contributed by atoms with Crippen LogP contribution in [0.4, 0.5) is 11.4 Å². The van der Waals surface area contributed by atoms with E-state index in [1.54, 1.807) is 0 Å². The number of anilines is 2. The van der Waals surface area contributed by atoms with Crippen molar-refractivity contribution in [3.8, 4) is 0 Å². The predicted molar refractivity (Wildman–Crippen MR) is 96.1 cm³/mol. The monoisotopic (exact) mass is 307 g/mol. The van der Waals surface area contributed by atoms with Gasteiger partial charge in [0.1, 0.15) is 0 Å². The highest BCUT2D eigenvalue weighted by atomic mass is 16.1. The molecular formula is C19H21N3O. The fourth-order valence-electron chi connectivity index (χ4n) is 2.29. The molecule has 0 bridgehead atoms. The minimum atomic E-state index is -0.496. The molecule has 3 aromatic rings. The summed E-state index contributed by atoms with van der Waals surface area (Å²) in [6, 6.07) is 15.6. The van der Waals surface area contributed by atoms with Gasteiger partial charge in [0, 0.05) is 17.3 Å². The number of hydrogen-bond acceptors (Lipinski definition) is 3. The van der Waals surface area contributed by atoms with Gasteiger partial charge in [-0.25, -0.2) is 0 Å². The van der Waals surface area contributed by atoms with E-state index in [1.165, 1.54) is 6.20 Å². The molecule has 2 aromatic carbocycles. The molecule has 0 saturated heterocycles. The van der Waals surface area contributed by atoms with Gasteiger partial charge in [-0.1, -0.05) is 43.7 Å². The number of nitrogens with one attached hydrogen (secondary N) is 1. The maximum absolute atomic E-state index is 11.7. The fourth-order valence-corrected chi connectivity index (χ4v) is 2.29. The van der Waals surface area contributed by atoms with Crippen molar-refractivity contribution in [3.63, 3.8) is 0 Å². The highest BCUT2D eigenvalue weighted by Crippen LogP contribution is 2.29. The van der Waals surface area contributed by atoms with Gasteiger partial charge in [0.15, 0.2) is 0 Å². The minimum absolute atomic E-state index is 0.386. The zero-order valence-electron chi connectivity index (χ0n) is 13.6. The molecule has 0 saturated carbocycles. The number of carbonyl (C=O) groups is 1. The highest BCUT2D eigenvalue weighted by Gasteiger charge is 2.13. The summed E-state index contributed by atoms with van der Waals surface area (Å²) in [5.41, 5.74) is 9.38. The Balaban J connectivity index is 0.000000924. The van der Waals surface area contributed by atoms with E-state index in [0.717, 1.165) is 22.2 Å². The van der Waals surface area contributed by atoms with Crippen LogP contribution in [-0.2, 0) is 0 Å². The number of pyridine rings is 1. The molecule has 0 radical (unpaired) electrons. The first-order valence-electron chi connectivity index (χ1n) is 7.66. The Morgan fingerprint density at radius 3 is 2.43 bits per heavy atom. The highest BCUT2D eigenvalue weighted by molar-refractivity contribution is 6.07. The zero-order chi connectivity index (χ0) is 16.8. The first kappa shape index (κ1) is 16.5. The molecule has 4 heteroatoms. The Bertz CT molecular complexity index is 813. The van der Waals surface area contributed by atoms with Gasteiger partial charge in [-0.05, 0) is 31.2 Å². The molecule has 1 amide bonds. The normalized spacial score (nSPS) is 9.87. The molecule has 0 aliphatic carbocycles. The molecule has 0 aliphatic heterocycles. The first-order chi connectivity index (χ1) is 11.1. The van der Waals surface area contributed by atoms with Crippen molar-refractivity contribution in [2.24, 2.45) is 5.73 Å². The van der Waals surface area contributed by atoms with E-state index in [-0.39, 0.29) is 0 Å². The van der Waals surface area contributed by atoms with Crippen LogP contribution in [0.25, 0.3) is 10.9 Å². The van der Waals surface area contributed by atoms with E-state index >= 15 is 0 Å². The number of nitrogens with two attached hydrogens (primary N) is 1. The number of aryl methyl sites for hydroxylation is 1. The lowest BCUT2D eigenvalue weighted by atomic mass is 10.1. The van der Waals surface area contributed by atoms with E-state index in [0.29, 0.717) is 11.3 Å². The molecule has 118 valence electrons. The lowest BCUT2D eigenvalue weighted by Crippen LogP contribution is -2.14. The van der Waals surface area contributed by atoms with E-state index in [2.05, 4.69) is 10.3 Å². The molecule has 0 atom stereocenters. The summed E-state index contributed by atoms with van der Waals surface area (Å²) in [6.45, 7) is 6.00. The third kappa shape index (κ3) is 3.66. The van der Waals surface area contributed by atoms with Crippen molar-refractivity contribution in [2.45, 2.75) is 20.8 Å². The van der Waals surface area contributed by atoms with Crippen molar-refractivity contribution in [3.05, 3.63) is 65.9 Å². The summed E-state index contributed by atoms with van der Waals surface area (Å²) >= 11 is 0. The Morgan fingerprint density at radius 1 is 1.09 bits per heavy atom. The fraction of sp³-hybridized carbons (Fsp3) is 0.158. The molecular weight excluding hydrogens is 286 g/mol. The van der Waals surface area contributed by atoms with E-state index in [4.69, 9.17) is 5.73 Å². The SMILES string of the molecule is CC.Cc1ccc2ncc(C(N)=O)c(Nc3ccccc3)c2c1. The van der Waals surface area contributed by atoms with Gasteiger partial charge < -0.3 is 11.1 Å². The summed E-state index contributed by atoms with van der Waals surface area (Å²) in [6.07, 6.45) is 1.52. The van der Waals surface area contributed by atoms with Crippen LogP contribution in [0, 0.1) is 6.92 Å². The maximum Gasteiger partial charge on any atom is 0.252 e. The van der Waals surface area contributed by atoms with E-state index in [9.17, 15) is 4.79 Å².